The summed E-state index contributed by atoms with van der Waals surface area (Å²) in [7, 11) is 0. The lowest BCUT2D eigenvalue weighted by Gasteiger charge is -2.35. The summed E-state index contributed by atoms with van der Waals surface area (Å²) in [4.78, 5) is 27.7. The van der Waals surface area contributed by atoms with E-state index in [0.29, 0.717) is 5.70 Å². The number of rotatable bonds is 6. The van der Waals surface area contributed by atoms with Gasteiger partial charge in [-0.3, -0.25) is 4.79 Å². The van der Waals surface area contributed by atoms with Gasteiger partial charge < -0.3 is 9.64 Å². The summed E-state index contributed by atoms with van der Waals surface area (Å²) >= 11 is 0. The maximum Gasteiger partial charge on any atom is 0.416 e. The molecule has 0 aliphatic carbocycles. The molecule has 1 atom stereocenters. The lowest BCUT2D eigenvalue weighted by molar-refractivity contribution is -0.143. The first-order chi connectivity index (χ1) is 15.5. The number of carbonyl (C=O) groups excluding carboxylic acids is 2. The molecule has 1 heterocycles. The van der Waals surface area contributed by atoms with Crippen molar-refractivity contribution >= 4 is 11.9 Å². The van der Waals surface area contributed by atoms with Crippen molar-refractivity contribution < 1.29 is 27.5 Å². The highest BCUT2D eigenvalue weighted by Crippen LogP contribution is 2.43. The van der Waals surface area contributed by atoms with Gasteiger partial charge in [0.2, 0.25) is 5.91 Å². The molecule has 0 radical (unpaired) electrons. The summed E-state index contributed by atoms with van der Waals surface area (Å²) in [6.07, 6.45) is -4.86. The molecular formula is C26H28F3NO3. The molecule has 0 spiro atoms. The van der Waals surface area contributed by atoms with Gasteiger partial charge >= 0.3 is 12.1 Å². The predicted octanol–water partition coefficient (Wildman–Crippen LogP) is 6.00. The van der Waals surface area contributed by atoms with E-state index in [0.717, 1.165) is 17.2 Å². The first-order valence-corrected chi connectivity index (χ1v) is 10.9. The summed E-state index contributed by atoms with van der Waals surface area (Å²) in [6, 6.07) is 12.7. The average Bonchev–Trinajstić information content (AvgIpc) is 2.74. The molecule has 2 aromatic rings. The topological polar surface area (TPSA) is 46.6 Å². The fourth-order valence-electron chi connectivity index (χ4n) is 4.11. The Morgan fingerprint density at radius 3 is 2.45 bits per heavy atom. The Labute approximate surface area is 192 Å². The Morgan fingerprint density at radius 1 is 1.12 bits per heavy atom. The molecule has 0 bridgehead atoms. The molecule has 7 heteroatoms. The normalized spacial score (nSPS) is 17.0. The quantitative estimate of drug-likeness (QED) is 0.498. The number of esters is 1. The lowest BCUT2D eigenvalue weighted by Crippen LogP contribution is -2.38. The van der Waals surface area contributed by atoms with Crippen LogP contribution in [0, 0.1) is 12.8 Å². The number of carbonyl (C=O) groups is 2. The second kappa shape index (κ2) is 9.81. The van der Waals surface area contributed by atoms with Gasteiger partial charge in [-0.15, -0.1) is 0 Å². The van der Waals surface area contributed by atoms with E-state index in [2.05, 4.69) is 0 Å². The fraction of sp³-hybridized carbons (Fsp3) is 0.385. The van der Waals surface area contributed by atoms with Crippen LogP contribution >= 0.6 is 0 Å². The van der Waals surface area contributed by atoms with Gasteiger partial charge in [0.15, 0.2) is 0 Å². The third kappa shape index (κ3) is 5.64. The van der Waals surface area contributed by atoms with E-state index in [1.165, 1.54) is 23.1 Å². The number of ether oxygens (including phenoxy) is 1. The summed E-state index contributed by atoms with van der Waals surface area (Å²) < 4.78 is 46.7. The molecule has 0 saturated carbocycles. The van der Waals surface area contributed by atoms with Crippen molar-refractivity contribution in [2.75, 3.05) is 6.61 Å². The van der Waals surface area contributed by atoms with Gasteiger partial charge in [0.1, 0.15) is 0 Å². The average molecular weight is 460 g/mol. The highest BCUT2D eigenvalue weighted by Gasteiger charge is 2.42. The van der Waals surface area contributed by atoms with E-state index in [-0.39, 0.29) is 42.5 Å². The van der Waals surface area contributed by atoms with Crippen LogP contribution in [0.5, 0.6) is 0 Å². The molecule has 1 unspecified atom stereocenters. The molecular weight excluding hydrogens is 431 g/mol. The molecule has 176 valence electrons. The lowest BCUT2D eigenvalue weighted by atomic mass is 9.81. The van der Waals surface area contributed by atoms with Crippen LogP contribution in [0.2, 0.25) is 0 Å². The minimum Gasteiger partial charge on any atom is -0.462 e. The number of hydrogen-bond acceptors (Lipinski definition) is 3. The smallest absolute Gasteiger partial charge is 0.416 e. The number of amides is 1. The molecule has 0 saturated heterocycles. The van der Waals surface area contributed by atoms with E-state index in [1.54, 1.807) is 6.92 Å². The van der Waals surface area contributed by atoms with Gasteiger partial charge in [0.25, 0.3) is 0 Å². The summed E-state index contributed by atoms with van der Waals surface area (Å²) in [5.41, 5.74) is 1.36. The second-order valence-corrected chi connectivity index (χ2v) is 8.80. The van der Waals surface area contributed by atoms with E-state index in [1.807, 2.05) is 45.0 Å². The number of alkyl halides is 3. The molecule has 0 fully saturated rings. The van der Waals surface area contributed by atoms with Crippen molar-refractivity contribution in [2.24, 2.45) is 5.92 Å². The zero-order valence-corrected chi connectivity index (χ0v) is 19.2. The first kappa shape index (κ1) is 24.6. The van der Waals surface area contributed by atoms with Gasteiger partial charge in [-0.25, -0.2) is 4.79 Å². The van der Waals surface area contributed by atoms with Crippen molar-refractivity contribution in [3.05, 3.63) is 82.1 Å². The molecule has 4 nitrogen and oxygen atoms in total. The SMILES string of the molecule is CC1=C(C(=O)OCC(C)C)C(c2ccccc2C(F)(F)F)CC(=O)N1Cc1cccc(C)c1. The van der Waals surface area contributed by atoms with E-state index in [9.17, 15) is 22.8 Å². The highest BCUT2D eigenvalue weighted by molar-refractivity contribution is 5.96. The second-order valence-electron chi connectivity index (χ2n) is 8.80. The van der Waals surface area contributed by atoms with Crippen LogP contribution in [0.15, 0.2) is 59.8 Å². The first-order valence-electron chi connectivity index (χ1n) is 10.9. The van der Waals surface area contributed by atoms with Crippen molar-refractivity contribution in [1.29, 1.82) is 0 Å². The van der Waals surface area contributed by atoms with Gasteiger partial charge in [-0.05, 0) is 37.0 Å². The number of nitrogens with zero attached hydrogens (tertiary/aromatic N) is 1. The number of hydrogen-bond donors (Lipinski definition) is 0. The Bertz CT molecular complexity index is 1070. The van der Waals surface area contributed by atoms with Gasteiger partial charge in [0.05, 0.1) is 24.3 Å². The predicted molar refractivity (Wildman–Crippen MR) is 119 cm³/mol. The molecule has 0 aromatic heterocycles. The van der Waals surface area contributed by atoms with Crippen molar-refractivity contribution in [3.63, 3.8) is 0 Å². The molecule has 0 N–H and O–H groups in total. The summed E-state index contributed by atoms with van der Waals surface area (Å²) in [6.45, 7) is 7.64. The molecule has 1 aliphatic rings. The van der Waals surface area contributed by atoms with Crippen LogP contribution in [0.1, 0.15) is 55.4 Å². The summed E-state index contributed by atoms with van der Waals surface area (Å²) in [5, 5.41) is 0. The van der Waals surface area contributed by atoms with Crippen LogP contribution in [0.3, 0.4) is 0 Å². The zero-order valence-electron chi connectivity index (χ0n) is 19.2. The monoisotopic (exact) mass is 459 g/mol. The molecule has 33 heavy (non-hydrogen) atoms. The van der Waals surface area contributed by atoms with Crippen molar-refractivity contribution in [2.45, 2.75) is 52.8 Å². The highest BCUT2D eigenvalue weighted by atomic mass is 19.4. The van der Waals surface area contributed by atoms with Crippen LogP contribution < -0.4 is 0 Å². The Morgan fingerprint density at radius 2 is 1.82 bits per heavy atom. The fourth-order valence-corrected chi connectivity index (χ4v) is 4.11. The van der Waals surface area contributed by atoms with Crippen LogP contribution in [-0.4, -0.2) is 23.4 Å². The Balaban J connectivity index is 2.10. The Kier molecular flexibility index (Phi) is 7.30. The van der Waals surface area contributed by atoms with Crippen LogP contribution in [0.25, 0.3) is 0 Å². The van der Waals surface area contributed by atoms with Crippen LogP contribution in [0.4, 0.5) is 13.2 Å². The molecule has 3 rings (SSSR count). The number of benzene rings is 2. The van der Waals surface area contributed by atoms with Gasteiger partial charge in [-0.2, -0.15) is 13.2 Å². The maximum atomic E-state index is 13.8. The Hall–Kier alpha value is -3.09. The van der Waals surface area contributed by atoms with Crippen molar-refractivity contribution in [3.8, 4) is 0 Å². The third-order valence-corrected chi connectivity index (χ3v) is 5.66. The molecule has 1 amide bonds. The summed E-state index contributed by atoms with van der Waals surface area (Å²) in [5.74, 6) is -2.01. The standard InChI is InChI=1S/C26H28F3NO3/c1-16(2)15-33-25(32)24-18(4)30(14-19-9-7-8-17(3)12-19)23(31)13-21(24)20-10-5-6-11-22(20)26(27,28)29/h5-12,16,21H,13-15H2,1-4H3. The zero-order chi connectivity index (χ0) is 24.3. The van der Waals surface area contributed by atoms with E-state index >= 15 is 0 Å². The number of allylic oxidation sites excluding steroid dienone is 1. The number of aryl methyl sites for hydroxylation is 1. The molecule has 2 aromatic carbocycles. The molecule has 1 aliphatic heterocycles. The van der Waals surface area contributed by atoms with Crippen molar-refractivity contribution in [1.82, 2.24) is 4.90 Å². The largest absolute Gasteiger partial charge is 0.462 e. The minimum atomic E-state index is -4.61. The van der Waals surface area contributed by atoms with E-state index in [4.69, 9.17) is 4.74 Å². The van der Waals surface area contributed by atoms with Gasteiger partial charge in [0, 0.05) is 18.0 Å². The third-order valence-electron chi connectivity index (χ3n) is 5.66. The van der Waals surface area contributed by atoms with E-state index < -0.39 is 23.6 Å². The minimum absolute atomic E-state index is 0.0596. The maximum absolute atomic E-state index is 13.8. The number of halogens is 3. The van der Waals surface area contributed by atoms with Gasteiger partial charge in [-0.1, -0.05) is 61.9 Å². The van der Waals surface area contributed by atoms with Crippen LogP contribution in [-0.2, 0) is 27.0 Å².